The monoisotopic (exact) mass is 372 g/mol. The fourth-order valence-corrected chi connectivity index (χ4v) is 3.63. The summed E-state index contributed by atoms with van der Waals surface area (Å²) in [6, 6.07) is 11.8. The van der Waals surface area contributed by atoms with E-state index in [9.17, 15) is 13.2 Å². The summed E-state index contributed by atoms with van der Waals surface area (Å²) in [4.78, 5) is 12.7. The number of benzene rings is 2. The Bertz CT molecular complexity index is 918. The van der Waals surface area contributed by atoms with Gasteiger partial charge in [0.25, 0.3) is 5.91 Å². The van der Waals surface area contributed by atoms with E-state index in [0.717, 1.165) is 16.8 Å². The number of para-hydroxylation sites is 1. The Morgan fingerprint density at radius 3 is 2.54 bits per heavy atom. The van der Waals surface area contributed by atoms with Crippen molar-refractivity contribution in [1.29, 1.82) is 0 Å². The van der Waals surface area contributed by atoms with Crippen molar-refractivity contribution in [2.75, 3.05) is 11.9 Å². The predicted octanol–water partition coefficient (Wildman–Crippen LogP) is 3.84. The highest BCUT2D eigenvalue weighted by atomic mass is 32.2. The Balaban J connectivity index is 2.32. The van der Waals surface area contributed by atoms with Crippen molar-refractivity contribution in [3.8, 4) is 0 Å². The molecule has 5 nitrogen and oxygen atoms in total. The van der Waals surface area contributed by atoms with Crippen LogP contribution >= 0.6 is 0 Å². The molecule has 0 unspecified atom stereocenters. The molecular weight excluding hydrogens is 348 g/mol. The molecular formula is C20H24N2O3S. The number of aryl methyl sites for hydroxylation is 1. The summed E-state index contributed by atoms with van der Waals surface area (Å²) in [7, 11) is -3.68. The number of rotatable bonds is 7. The molecule has 0 saturated heterocycles. The molecule has 0 radical (unpaired) electrons. The van der Waals surface area contributed by atoms with Crippen LogP contribution in [0.2, 0.25) is 0 Å². The maximum absolute atomic E-state index is 12.7. The van der Waals surface area contributed by atoms with Crippen LogP contribution in [0.1, 0.15) is 41.3 Å². The van der Waals surface area contributed by atoms with Crippen molar-refractivity contribution in [2.45, 2.75) is 31.6 Å². The van der Waals surface area contributed by atoms with E-state index in [4.69, 9.17) is 0 Å². The van der Waals surface area contributed by atoms with Crippen LogP contribution in [0, 0.1) is 6.92 Å². The van der Waals surface area contributed by atoms with E-state index in [1.165, 1.54) is 18.2 Å². The smallest absolute Gasteiger partial charge is 0.255 e. The van der Waals surface area contributed by atoms with Crippen molar-refractivity contribution in [1.82, 2.24) is 4.72 Å². The van der Waals surface area contributed by atoms with Gasteiger partial charge < -0.3 is 5.32 Å². The summed E-state index contributed by atoms with van der Waals surface area (Å²) in [6.45, 7) is 9.66. The first-order chi connectivity index (χ1) is 12.3. The second-order valence-corrected chi connectivity index (χ2v) is 8.08. The van der Waals surface area contributed by atoms with Crippen molar-refractivity contribution in [2.24, 2.45) is 0 Å². The second kappa shape index (κ2) is 8.29. The average Bonchev–Trinajstić information content (AvgIpc) is 2.61. The van der Waals surface area contributed by atoms with Gasteiger partial charge in [0, 0.05) is 17.8 Å². The Labute approximate surface area is 155 Å². The lowest BCUT2D eigenvalue weighted by Gasteiger charge is -2.16. The fraction of sp³-hybridized carbons (Fsp3) is 0.250. The van der Waals surface area contributed by atoms with Gasteiger partial charge in [-0.3, -0.25) is 4.79 Å². The molecule has 0 atom stereocenters. The molecule has 0 saturated carbocycles. The first kappa shape index (κ1) is 19.9. The third-order valence-electron chi connectivity index (χ3n) is 3.99. The van der Waals surface area contributed by atoms with E-state index < -0.39 is 10.0 Å². The average molecular weight is 372 g/mol. The van der Waals surface area contributed by atoms with Crippen LogP contribution in [0.15, 0.2) is 60.0 Å². The number of hydrogen-bond donors (Lipinski definition) is 2. The number of anilines is 1. The Kier molecular flexibility index (Phi) is 6.34. The lowest BCUT2D eigenvalue weighted by Crippen LogP contribution is -2.24. The van der Waals surface area contributed by atoms with Gasteiger partial charge in [-0.15, -0.1) is 6.58 Å². The van der Waals surface area contributed by atoms with Gasteiger partial charge in [-0.2, -0.15) is 0 Å². The summed E-state index contributed by atoms with van der Waals surface area (Å²) in [5.74, 6) is -0.0954. The predicted molar refractivity (Wildman–Crippen MR) is 105 cm³/mol. The van der Waals surface area contributed by atoms with Gasteiger partial charge >= 0.3 is 0 Å². The topological polar surface area (TPSA) is 75.3 Å². The number of nitrogens with one attached hydrogen (secondary N) is 2. The molecule has 0 fully saturated rings. The van der Waals surface area contributed by atoms with Crippen LogP contribution in [-0.2, 0) is 10.0 Å². The van der Waals surface area contributed by atoms with Crippen LogP contribution < -0.4 is 10.0 Å². The van der Waals surface area contributed by atoms with Gasteiger partial charge in [0.1, 0.15) is 0 Å². The molecule has 0 spiro atoms. The number of carbonyl (C=O) groups excluding carboxylic acids is 1. The highest BCUT2D eigenvalue weighted by molar-refractivity contribution is 7.89. The molecule has 2 aromatic carbocycles. The van der Waals surface area contributed by atoms with E-state index in [-0.39, 0.29) is 28.8 Å². The molecule has 1 amide bonds. The first-order valence-electron chi connectivity index (χ1n) is 8.37. The third kappa shape index (κ3) is 4.59. The molecule has 2 rings (SSSR count). The minimum atomic E-state index is -3.68. The quantitative estimate of drug-likeness (QED) is 0.725. The van der Waals surface area contributed by atoms with Crippen LogP contribution in [0.25, 0.3) is 0 Å². The fourth-order valence-electron chi connectivity index (χ4n) is 2.58. The van der Waals surface area contributed by atoms with Gasteiger partial charge in [0.15, 0.2) is 0 Å². The zero-order valence-corrected chi connectivity index (χ0v) is 16.1. The maximum Gasteiger partial charge on any atom is 0.255 e. The van der Waals surface area contributed by atoms with Crippen LogP contribution in [0.5, 0.6) is 0 Å². The highest BCUT2D eigenvalue weighted by Gasteiger charge is 2.17. The van der Waals surface area contributed by atoms with E-state index in [1.807, 2.05) is 25.1 Å². The summed E-state index contributed by atoms with van der Waals surface area (Å²) in [5.41, 5.74) is 3.05. The van der Waals surface area contributed by atoms with Gasteiger partial charge in [-0.05, 0) is 42.2 Å². The van der Waals surface area contributed by atoms with Crippen molar-refractivity contribution in [3.05, 3.63) is 71.8 Å². The highest BCUT2D eigenvalue weighted by Crippen LogP contribution is 2.28. The minimum Gasteiger partial charge on any atom is -0.321 e. The van der Waals surface area contributed by atoms with Crippen LogP contribution in [0.4, 0.5) is 5.69 Å². The summed E-state index contributed by atoms with van der Waals surface area (Å²) in [6.07, 6.45) is 1.46. The van der Waals surface area contributed by atoms with Gasteiger partial charge in [-0.25, -0.2) is 13.1 Å². The van der Waals surface area contributed by atoms with Crippen molar-refractivity contribution >= 4 is 21.6 Å². The normalized spacial score (nSPS) is 11.4. The number of sulfonamides is 1. The molecule has 26 heavy (non-hydrogen) atoms. The lowest BCUT2D eigenvalue weighted by molar-refractivity contribution is 0.102. The van der Waals surface area contributed by atoms with E-state index in [1.54, 1.807) is 12.1 Å². The van der Waals surface area contributed by atoms with E-state index >= 15 is 0 Å². The summed E-state index contributed by atoms with van der Waals surface area (Å²) in [5, 5.41) is 2.93. The zero-order valence-electron chi connectivity index (χ0n) is 15.2. The minimum absolute atomic E-state index is 0.0425. The largest absolute Gasteiger partial charge is 0.321 e. The summed E-state index contributed by atoms with van der Waals surface area (Å²) < 4.78 is 26.9. The standard InChI is InChI=1S/C20H24N2O3S/c1-5-12-21-26(24,25)17-10-7-9-16(13-17)20(23)22-19-15(4)8-6-11-18(19)14(2)3/h5-11,13-14,21H,1,12H2,2-4H3,(H,22,23). The Hall–Kier alpha value is -2.44. The molecule has 138 valence electrons. The molecule has 0 aliphatic carbocycles. The number of hydrogen-bond acceptors (Lipinski definition) is 3. The number of carbonyl (C=O) groups is 1. The molecule has 0 bridgehead atoms. The maximum atomic E-state index is 12.7. The van der Waals surface area contributed by atoms with Crippen LogP contribution in [-0.4, -0.2) is 20.9 Å². The third-order valence-corrected chi connectivity index (χ3v) is 5.41. The molecule has 2 aromatic rings. The van der Waals surface area contributed by atoms with Crippen molar-refractivity contribution in [3.63, 3.8) is 0 Å². The first-order valence-corrected chi connectivity index (χ1v) is 9.86. The van der Waals surface area contributed by atoms with E-state index in [0.29, 0.717) is 0 Å². The SMILES string of the molecule is C=CCNS(=O)(=O)c1cccc(C(=O)Nc2c(C)cccc2C(C)C)c1. The Morgan fingerprint density at radius 1 is 1.19 bits per heavy atom. The van der Waals surface area contributed by atoms with Gasteiger partial charge in [0.2, 0.25) is 10.0 Å². The molecule has 0 aliphatic rings. The van der Waals surface area contributed by atoms with Gasteiger partial charge in [0.05, 0.1) is 4.90 Å². The zero-order chi connectivity index (χ0) is 19.3. The van der Waals surface area contributed by atoms with Gasteiger partial charge in [-0.1, -0.05) is 44.2 Å². The van der Waals surface area contributed by atoms with Crippen LogP contribution in [0.3, 0.4) is 0 Å². The van der Waals surface area contributed by atoms with Crippen molar-refractivity contribution < 1.29 is 13.2 Å². The molecule has 6 heteroatoms. The molecule has 0 aliphatic heterocycles. The van der Waals surface area contributed by atoms with E-state index in [2.05, 4.69) is 30.5 Å². The Morgan fingerprint density at radius 2 is 1.88 bits per heavy atom. The lowest BCUT2D eigenvalue weighted by atomic mass is 9.98. The summed E-state index contributed by atoms with van der Waals surface area (Å²) >= 11 is 0. The second-order valence-electron chi connectivity index (χ2n) is 6.32. The number of amides is 1. The molecule has 2 N–H and O–H groups in total. The molecule has 0 heterocycles. The molecule has 0 aromatic heterocycles.